The largest absolute Gasteiger partial charge is 0.482 e. The van der Waals surface area contributed by atoms with Crippen LogP contribution in [-0.4, -0.2) is 23.6 Å². The average Bonchev–Trinajstić information content (AvgIpc) is 3.17. The lowest BCUT2D eigenvalue weighted by molar-refractivity contribution is -0.190. The third-order valence-electron chi connectivity index (χ3n) is 11.5. The molecule has 4 aromatic carbocycles. The zero-order valence-electron chi connectivity index (χ0n) is 32.2. The lowest BCUT2D eigenvalue weighted by Crippen LogP contribution is -2.54. The number of carbonyl (C=O) groups is 2. The number of hydrogen-bond donors (Lipinski definition) is 0. The van der Waals surface area contributed by atoms with Crippen molar-refractivity contribution in [3.8, 4) is 17.6 Å². The van der Waals surface area contributed by atoms with E-state index >= 15 is 0 Å². The van der Waals surface area contributed by atoms with Crippen LogP contribution in [0.4, 0.5) is 0 Å². The van der Waals surface area contributed by atoms with Crippen molar-refractivity contribution in [2.45, 2.75) is 96.4 Å². The minimum absolute atomic E-state index is 0.0666. The van der Waals surface area contributed by atoms with E-state index in [1.54, 1.807) is 18.2 Å². The van der Waals surface area contributed by atoms with Crippen LogP contribution in [0.2, 0.25) is 0 Å². The Morgan fingerprint density at radius 1 is 0.786 bits per heavy atom. The van der Waals surface area contributed by atoms with Gasteiger partial charge in [0, 0.05) is 29.9 Å². The highest BCUT2D eigenvalue weighted by atomic mass is 16.6. The molecule has 7 nitrogen and oxygen atoms in total. The topological polar surface area (TPSA) is 92.0 Å². The fraction of sp³-hybridized carbons (Fsp3) is 0.327. The van der Waals surface area contributed by atoms with Crippen LogP contribution in [0, 0.1) is 17.8 Å². The van der Waals surface area contributed by atoms with Gasteiger partial charge in [-0.05, 0) is 117 Å². The summed E-state index contributed by atoms with van der Waals surface area (Å²) in [5.41, 5.74) is 7.36. The van der Waals surface area contributed by atoms with E-state index in [1.165, 1.54) is 22.8 Å². The van der Waals surface area contributed by atoms with Crippen LogP contribution in [0.1, 0.15) is 91.5 Å². The van der Waals surface area contributed by atoms with E-state index in [0.29, 0.717) is 48.0 Å². The lowest BCUT2D eigenvalue weighted by Gasteiger charge is -2.44. The fourth-order valence-electron chi connectivity index (χ4n) is 8.44. The highest BCUT2D eigenvalue weighted by molar-refractivity contribution is 5.90. The summed E-state index contributed by atoms with van der Waals surface area (Å²) >= 11 is 0. The predicted molar refractivity (Wildman–Crippen MR) is 215 cm³/mol. The molecule has 3 aliphatic rings. The predicted octanol–water partition coefficient (Wildman–Crippen LogP) is 9.15. The van der Waals surface area contributed by atoms with Gasteiger partial charge in [-0.1, -0.05) is 90.2 Å². The van der Waals surface area contributed by atoms with Crippen molar-refractivity contribution in [3.63, 3.8) is 0 Å². The van der Waals surface area contributed by atoms with Crippen LogP contribution < -0.4 is 10.4 Å². The van der Waals surface area contributed by atoms with Crippen LogP contribution in [0.25, 0.3) is 11.0 Å². The molecular formula is C49H46O7. The van der Waals surface area contributed by atoms with E-state index in [9.17, 15) is 14.4 Å². The lowest BCUT2D eigenvalue weighted by atomic mass is 9.83. The van der Waals surface area contributed by atoms with E-state index in [4.69, 9.17) is 18.6 Å². The van der Waals surface area contributed by atoms with Gasteiger partial charge in [-0.2, -0.15) is 0 Å². The second-order valence-electron chi connectivity index (χ2n) is 15.9. The third-order valence-corrected chi connectivity index (χ3v) is 11.5. The molecule has 0 aliphatic carbocycles. The normalized spacial score (nSPS) is 22.1. The van der Waals surface area contributed by atoms with E-state index in [-0.39, 0.29) is 24.3 Å². The van der Waals surface area contributed by atoms with Gasteiger partial charge in [-0.25, -0.2) is 9.59 Å². The molecule has 1 aromatic heterocycles. The fourth-order valence-corrected chi connectivity index (χ4v) is 8.44. The van der Waals surface area contributed by atoms with Gasteiger partial charge in [-0.3, -0.25) is 4.79 Å². The Bertz CT molecular complexity index is 2460. The Morgan fingerprint density at radius 3 is 2.43 bits per heavy atom. The minimum Gasteiger partial charge on any atom is -0.482 e. The monoisotopic (exact) mass is 746 g/mol. The number of fused-ring (bicyclic) bond motifs is 7. The number of hydrogen-bond acceptors (Lipinski definition) is 7. The first kappa shape index (κ1) is 37.1. The van der Waals surface area contributed by atoms with E-state index in [2.05, 4.69) is 78.6 Å². The molecule has 0 spiro atoms. The molecular weight excluding hydrogens is 701 g/mol. The summed E-state index contributed by atoms with van der Waals surface area (Å²) < 4.78 is 25.5. The van der Waals surface area contributed by atoms with Gasteiger partial charge in [0.05, 0.1) is 12.0 Å². The van der Waals surface area contributed by atoms with Gasteiger partial charge in [0.2, 0.25) is 0 Å². The highest BCUT2D eigenvalue weighted by Gasteiger charge is 2.53. The summed E-state index contributed by atoms with van der Waals surface area (Å²) in [6.07, 6.45) is 2.81. The molecule has 5 bridgehead atoms. The zero-order valence-corrected chi connectivity index (χ0v) is 32.2. The van der Waals surface area contributed by atoms with Crippen molar-refractivity contribution in [2.75, 3.05) is 0 Å². The second kappa shape index (κ2) is 15.7. The number of benzene rings is 4. The van der Waals surface area contributed by atoms with E-state index in [0.717, 1.165) is 41.5 Å². The van der Waals surface area contributed by atoms with E-state index < -0.39 is 35.4 Å². The Morgan fingerprint density at radius 2 is 1.59 bits per heavy atom. The molecule has 0 amide bonds. The number of esters is 2. The summed E-state index contributed by atoms with van der Waals surface area (Å²) in [6.45, 7) is 5.65. The molecule has 7 heteroatoms. The zero-order chi connectivity index (χ0) is 38.8. The molecule has 0 N–H and O–H groups in total. The molecule has 0 fully saturated rings. The molecule has 0 saturated carbocycles. The number of rotatable bonds is 5. The maximum atomic E-state index is 14.5. The maximum Gasteiger partial charge on any atom is 0.336 e. The molecule has 56 heavy (non-hydrogen) atoms. The van der Waals surface area contributed by atoms with Crippen molar-refractivity contribution < 1.29 is 28.2 Å². The quantitative estimate of drug-likeness (QED) is 0.0767. The first-order chi connectivity index (χ1) is 27.1. The number of ether oxygens (including phenoxy) is 3. The van der Waals surface area contributed by atoms with Gasteiger partial charge < -0.3 is 18.6 Å². The summed E-state index contributed by atoms with van der Waals surface area (Å²) in [5.74, 6) is 6.15. The van der Waals surface area contributed by atoms with Gasteiger partial charge in [0.1, 0.15) is 11.3 Å². The second-order valence-corrected chi connectivity index (χ2v) is 15.9. The van der Waals surface area contributed by atoms with Crippen molar-refractivity contribution in [3.05, 3.63) is 158 Å². The summed E-state index contributed by atoms with van der Waals surface area (Å²) in [6, 6.07) is 32.3. The number of carbonyl (C=O) groups excluding carboxylic acids is 2. The van der Waals surface area contributed by atoms with Crippen molar-refractivity contribution in [1.29, 1.82) is 0 Å². The van der Waals surface area contributed by atoms with E-state index in [1.807, 2.05) is 26.8 Å². The van der Waals surface area contributed by atoms with Crippen LogP contribution in [0.15, 0.2) is 117 Å². The SMILES string of the molecule is CC(C)=C1CCc2ccc3c(c2)CC#CC[C@@]2(C)Oc4ccc5ccc(=O)oc5c4[C@@H](OC(=O)C[C@H](CCc4cccc(Cc5ccccc5)c4)C3)[C@@H]2OC1=O. The molecule has 5 aromatic rings. The summed E-state index contributed by atoms with van der Waals surface area (Å²) in [7, 11) is 0. The molecule has 8 rings (SSSR count). The molecule has 0 saturated heterocycles. The van der Waals surface area contributed by atoms with Crippen LogP contribution in [0.3, 0.4) is 0 Å². The van der Waals surface area contributed by atoms with Gasteiger partial charge in [0.25, 0.3) is 0 Å². The van der Waals surface area contributed by atoms with Crippen LogP contribution >= 0.6 is 0 Å². The Labute approximate surface area is 327 Å². The molecule has 3 aliphatic heterocycles. The minimum atomic E-state index is -1.21. The average molecular weight is 747 g/mol. The molecule has 4 heterocycles. The summed E-state index contributed by atoms with van der Waals surface area (Å²) in [5, 5.41) is 0.630. The Hall–Kier alpha value is -5.87. The molecule has 284 valence electrons. The molecule has 0 unspecified atom stereocenters. The van der Waals surface area contributed by atoms with Gasteiger partial charge in [0.15, 0.2) is 17.8 Å². The Kier molecular flexibility index (Phi) is 10.4. The van der Waals surface area contributed by atoms with Crippen molar-refractivity contribution in [1.82, 2.24) is 0 Å². The smallest absolute Gasteiger partial charge is 0.336 e. The summed E-state index contributed by atoms with van der Waals surface area (Å²) in [4.78, 5) is 41.4. The van der Waals surface area contributed by atoms with Crippen molar-refractivity contribution in [2.24, 2.45) is 5.92 Å². The van der Waals surface area contributed by atoms with Gasteiger partial charge in [-0.15, -0.1) is 0 Å². The standard InChI is InChI=1S/C49H46O7/c1-31(2)40-22-18-34-17-19-39-29-36(16-15-33-12-9-13-35(27-33)26-32-10-5-4-6-11-32)30-43(51)54-46-44-41(23-20-37-21-24-42(50)53-45(37)44)56-49(3,47(46)55-48(40)52)25-8-7-14-38(39)28-34/h4-6,9-13,17,19-21,23-24,27-28,36,46-47H,14-16,18,22,25-26,29-30H2,1-3H3/t36-,46-,47+,49-/m1/s1. The number of allylic oxidation sites excluding steroid dienone is 1. The van der Waals surface area contributed by atoms with Crippen LogP contribution in [0.5, 0.6) is 5.75 Å². The maximum absolute atomic E-state index is 14.5. The van der Waals surface area contributed by atoms with Crippen molar-refractivity contribution >= 4 is 22.9 Å². The molecule has 0 radical (unpaired) electrons. The first-order valence-electron chi connectivity index (χ1n) is 19.6. The third kappa shape index (κ3) is 7.93. The Balaban J connectivity index is 1.22. The molecule has 4 atom stereocenters. The number of aryl methyl sites for hydroxylation is 2. The van der Waals surface area contributed by atoms with Crippen LogP contribution in [-0.2, 0) is 51.2 Å². The first-order valence-corrected chi connectivity index (χ1v) is 19.6. The van der Waals surface area contributed by atoms with Gasteiger partial charge >= 0.3 is 17.6 Å². The highest BCUT2D eigenvalue weighted by Crippen LogP contribution is 2.48.